The Labute approximate surface area is 155 Å². The van der Waals surface area contributed by atoms with E-state index in [-0.39, 0.29) is 6.10 Å². The lowest BCUT2D eigenvalue weighted by molar-refractivity contribution is 0.160. The molecule has 7 nitrogen and oxygen atoms in total. The van der Waals surface area contributed by atoms with Crippen LogP contribution in [0, 0.1) is 0 Å². The zero-order valence-electron chi connectivity index (χ0n) is 14.4. The summed E-state index contributed by atoms with van der Waals surface area (Å²) in [6.45, 7) is 1.51. The van der Waals surface area contributed by atoms with Gasteiger partial charge in [0.25, 0.3) is 0 Å². The van der Waals surface area contributed by atoms with Crippen molar-refractivity contribution in [2.75, 3.05) is 18.0 Å². The number of anilines is 1. The van der Waals surface area contributed by atoms with Crippen LogP contribution >= 0.6 is 0 Å². The second-order valence-corrected chi connectivity index (χ2v) is 6.34. The van der Waals surface area contributed by atoms with Crippen LogP contribution in [0.1, 0.15) is 0 Å². The molecule has 0 aliphatic carbocycles. The number of nitrogens with zero attached hydrogens (tertiary/aromatic N) is 6. The molecule has 132 valence electrons. The number of benzene rings is 1. The first-order valence-corrected chi connectivity index (χ1v) is 8.70. The summed E-state index contributed by atoms with van der Waals surface area (Å²) in [4.78, 5) is 23.7. The van der Waals surface area contributed by atoms with Crippen molar-refractivity contribution in [2.45, 2.75) is 6.10 Å². The van der Waals surface area contributed by atoms with Crippen LogP contribution in [0.4, 0.5) is 5.82 Å². The average molecular weight is 356 g/mol. The van der Waals surface area contributed by atoms with E-state index in [2.05, 4.69) is 37.0 Å². The Kier molecular flexibility index (Phi) is 3.82. The number of ether oxygens (including phenoxy) is 1. The lowest BCUT2D eigenvalue weighted by atomic mass is 10.1. The lowest BCUT2D eigenvalue weighted by Crippen LogP contribution is -2.54. The normalized spacial score (nSPS) is 14.1. The molecular formula is C20H16N6O. The summed E-state index contributed by atoms with van der Waals surface area (Å²) < 4.78 is 6.08. The smallest absolute Gasteiger partial charge is 0.241 e. The average Bonchev–Trinajstić information content (AvgIpc) is 2.71. The predicted molar refractivity (Wildman–Crippen MR) is 101 cm³/mol. The summed E-state index contributed by atoms with van der Waals surface area (Å²) in [5, 5.41) is 1.14. The fraction of sp³-hybridized carbons (Fsp3) is 0.150. The molecule has 1 saturated heterocycles. The number of hydrogen-bond donors (Lipinski definition) is 0. The third-order valence-electron chi connectivity index (χ3n) is 4.53. The molecule has 3 aromatic heterocycles. The molecule has 0 saturated carbocycles. The Morgan fingerprint density at radius 2 is 1.74 bits per heavy atom. The minimum absolute atomic E-state index is 0.0401. The molecule has 1 aliphatic rings. The Morgan fingerprint density at radius 1 is 0.926 bits per heavy atom. The first kappa shape index (κ1) is 15.6. The predicted octanol–water partition coefficient (Wildman–Crippen LogP) is 2.75. The van der Waals surface area contributed by atoms with Crippen molar-refractivity contribution in [3.8, 4) is 17.1 Å². The van der Waals surface area contributed by atoms with Gasteiger partial charge in [0, 0.05) is 35.7 Å². The van der Waals surface area contributed by atoms with Gasteiger partial charge in [-0.2, -0.15) is 0 Å². The fourth-order valence-electron chi connectivity index (χ4n) is 3.12. The highest BCUT2D eigenvalue weighted by atomic mass is 16.5. The number of rotatable bonds is 4. The van der Waals surface area contributed by atoms with Gasteiger partial charge in [0.1, 0.15) is 23.9 Å². The summed E-state index contributed by atoms with van der Waals surface area (Å²) in [6.07, 6.45) is 8.20. The largest absolute Gasteiger partial charge is 0.469 e. The summed E-state index contributed by atoms with van der Waals surface area (Å²) >= 11 is 0. The van der Waals surface area contributed by atoms with Gasteiger partial charge >= 0.3 is 0 Å². The Hall–Kier alpha value is -3.61. The van der Waals surface area contributed by atoms with E-state index in [1.54, 1.807) is 24.8 Å². The zero-order valence-corrected chi connectivity index (χ0v) is 14.4. The van der Waals surface area contributed by atoms with Gasteiger partial charge in [-0.05, 0) is 18.2 Å². The van der Waals surface area contributed by atoms with E-state index in [9.17, 15) is 0 Å². The molecule has 0 N–H and O–H groups in total. The second-order valence-electron chi connectivity index (χ2n) is 6.34. The maximum Gasteiger partial charge on any atom is 0.241 e. The molecule has 4 aromatic rings. The maximum absolute atomic E-state index is 6.08. The van der Waals surface area contributed by atoms with Crippen LogP contribution in [0.25, 0.3) is 22.2 Å². The molecule has 5 rings (SSSR count). The molecule has 1 aromatic carbocycles. The molecule has 4 heterocycles. The first-order valence-electron chi connectivity index (χ1n) is 8.70. The van der Waals surface area contributed by atoms with Crippen molar-refractivity contribution in [1.82, 2.24) is 24.9 Å². The SMILES string of the molecule is c1ccc2nc(N3CC(Oc4nccnc4-c4cncnc4)C3)ccc2c1. The molecule has 7 heteroatoms. The molecule has 27 heavy (non-hydrogen) atoms. The highest BCUT2D eigenvalue weighted by Gasteiger charge is 2.31. The Balaban J connectivity index is 1.31. The number of hydrogen-bond acceptors (Lipinski definition) is 7. The summed E-state index contributed by atoms with van der Waals surface area (Å²) in [7, 11) is 0. The lowest BCUT2D eigenvalue weighted by Gasteiger charge is -2.39. The van der Waals surface area contributed by atoms with E-state index in [1.165, 1.54) is 6.33 Å². The number of fused-ring (bicyclic) bond motifs is 1. The summed E-state index contributed by atoms with van der Waals surface area (Å²) in [5.74, 6) is 1.47. The Morgan fingerprint density at radius 3 is 2.63 bits per heavy atom. The van der Waals surface area contributed by atoms with Crippen LogP contribution in [-0.4, -0.2) is 44.1 Å². The van der Waals surface area contributed by atoms with E-state index >= 15 is 0 Å². The van der Waals surface area contributed by atoms with Crippen molar-refractivity contribution in [3.05, 3.63) is 67.5 Å². The van der Waals surface area contributed by atoms with E-state index in [0.29, 0.717) is 11.6 Å². The number of aromatic nitrogens is 5. The summed E-state index contributed by atoms with van der Waals surface area (Å²) in [6, 6.07) is 12.3. The van der Waals surface area contributed by atoms with Gasteiger partial charge in [0.2, 0.25) is 5.88 Å². The van der Waals surface area contributed by atoms with Gasteiger partial charge in [0.05, 0.1) is 18.6 Å². The van der Waals surface area contributed by atoms with Crippen molar-refractivity contribution in [3.63, 3.8) is 0 Å². The molecule has 1 fully saturated rings. The topological polar surface area (TPSA) is 76.9 Å². The molecule has 0 radical (unpaired) electrons. The molecule has 0 amide bonds. The van der Waals surface area contributed by atoms with Crippen LogP contribution < -0.4 is 9.64 Å². The molecule has 0 bridgehead atoms. The van der Waals surface area contributed by atoms with E-state index in [4.69, 9.17) is 9.72 Å². The van der Waals surface area contributed by atoms with Gasteiger partial charge in [-0.1, -0.05) is 18.2 Å². The minimum atomic E-state index is 0.0401. The van der Waals surface area contributed by atoms with E-state index in [1.807, 2.05) is 24.3 Å². The van der Waals surface area contributed by atoms with Crippen molar-refractivity contribution in [2.24, 2.45) is 0 Å². The van der Waals surface area contributed by atoms with Crippen molar-refractivity contribution >= 4 is 16.7 Å². The van der Waals surface area contributed by atoms with Gasteiger partial charge in [-0.15, -0.1) is 0 Å². The van der Waals surface area contributed by atoms with Crippen molar-refractivity contribution in [1.29, 1.82) is 0 Å². The van der Waals surface area contributed by atoms with Crippen LogP contribution in [0.3, 0.4) is 0 Å². The molecular weight excluding hydrogens is 340 g/mol. The van der Waals surface area contributed by atoms with Crippen molar-refractivity contribution < 1.29 is 4.74 Å². The first-order chi connectivity index (χ1) is 13.4. The monoisotopic (exact) mass is 356 g/mol. The molecule has 0 unspecified atom stereocenters. The van der Waals surface area contributed by atoms with Gasteiger partial charge < -0.3 is 9.64 Å². The molecule has 0 atom stereocenters. The Bertz CT molecular complexity index is 1080. The minimum Gasteiger partial charge on any atom is -0.469 e. The van der Waals surface area contributed by atoms with Crippen LogP contribution in [0.2, 0.25) is 0 Å². The standard InChI is InChI=1S/C20H16N6O/c1-2-4-17-14(3-1)5-6-18(25-17)26-11-16(12-26)27-20-19(23-7-8-24-20)15-9-21-13-22-10-15/h1-10,13,16H,11-12H2. The van der Waals surface area contributed by atoms with Gasteiger partial charge in [-0.3, -0.25) is 0 Å². The quantitative estimate of drug-likeness (QED) is 0.556. The second kappa shape index (κ2) is 6.60. The zero-order chi connectivity index (χ0) is 18.1. The molecule has 0 spiro atoms. The van der Waals surface area contributed by atoms with E-state index < -0.39 is 0 Å². The third-order valence-corrected chi connectivity index (χ3v) is 4.53. The third kappa shape index (κ3) is 3.03. The van der Waals surface area contributed by atoms with Gasteiger partial charge in [-0.25, -0.2) is 24.9 Å². The van der Waals surface area contributed by atoms with Gasteiger partial charge in [0.15, 0.2) is 0 Å². The number of pyridine rings is 1. The highest BCUT2D eigenvalue weighted by Crippen LogP contribution is 2.28. The van der Waals surface area contributed by atoms with Crippen LogP contribution in [0.5, 0.6) is 5.88 Å². The maximum atomic E-state index is 6.08. The number of para-hydroxylation sites is 1. The highest BCUT2D eigenvalue weighted by molar-refractivity contribution is 5.80. The molecule has 1 aliphatic heterocycles. The van der Waals surface area contributed by atoms with Crippen LogP contribution in [0.15, 0.2) is 67.5 Å². The fourth-order valence-corrected chi connectivity index (χ4v) is 3.12. The summed E-state index contributed by atoms with van der Waals surface area (Å²) in [5.41, 5.74) is 2.44. The van der Waals surface area contributed by atoms with Crippen LogP contribution in [-0.2, 0) is 0 Å². The van der Waals surface area contributed by atoms with E-state index in [0.717, 1.165) is 35.4 Å².